The standard InChI is InChI=1S/C22H20FN5O2S/c1-13-9-14(2)11-15(10-13)25-21(30)20(29)24-8-7-16-12-31-22-26-19(27-28(16)22)17-5-3-4-6-18(17)23/h3-6,9-12H,7-8H2,1-2H3,(H,24,29)(H,25,30). The lowest BCUT2D eigenvalue weighted by Gasteiger charge is -2.08. The summed E-state index contributed by atoms with van der Waals surface area (Å²) in [7, 11) is 0. The summed E-state index contributed by atoms with van der Waals surface area (Å²) in [6.45, 7) is 4.10. The minimum atomic E-state index is -0.719. The van der Waals surface area contributed by atoms with E-state index >= 15 is 0 Å². The fourth-order valence-electron chi connectivity index (χ4n) is 3.27. The van der Waals surface area contributed by atoms with Crippen molar-refractivity contribution in [1.29, 1.82) is 0 Å². The number of thiazole rings is 1. The summed E-state index contributed by atoms with van der Waals surface area (Å²) in [4.78, 5) is 29.3. The van der Waals surface area contributed by atoms with Crippen LogP contribution in [0.3, 0.4) is 0 Å². The van der Waals surface area contributed by atoms with E-state index < -0.39 is 11.8 Å². The second-order valence-electron chi connectivity index (χ2n) is 7.17. The molecule has 0 aliphatic carbocycles. The summed E-state index contributed by atoms with van der Waals surface area (Å²) in [6, 6.07) is 11.9. The molecule has 158 valence electrons. The number of carbonyl (C=O) groups is 2. The van der Waals surface area contributed by atoms with E-state index in [1.165, 1.54) is 17.4 Å². The highest BCUT2D eigenvalue weighted by molar-refractivity contribution is 7.15. The number of benzene rings is 2. The van der Waals surface area contributed by atoms with E-state index in [0.717, 1.165) is 16.8 Å². The molecule has 0 saturated carbocycles. The number of amides is 2. The third-order valence-corrected chi connectivity index (χ3v) is 5.48. The maximum absolute atomic E-state index is 14.0. The zero-order valence-corrected chi connectivity index (χ0v) is 17.8. The quantitative estimate of drug-likeness (QED) is 0.468. The van der Waals surface area contributed by atoms with Crippen molar-refractivity contribution in [1.82, 2.24) is 19.9 Å². The fraction of sp³-hybridized carbons (Fsp3) is 0.182. The summed E-state index contributed by atoms with van der Waals surface area (Å²) < 4.78 is 15.6. The molecule has 0 spiro atoms. The van der Waals surface area contributed by atoms with Crippen molar-refractivity contribution in [3.8, 4) is 11.4 Å². The van der Waals surface area contributed by atoms with Crippen LogP contribution in [0.15, 0.2) is 47.8 Å². The van der Waals surface area contributed by atoms with Crippen LogP contribution >= 0.6 is 11.3 Å². The molecule has 2 amide bonds. The lowest BCUT2D eigenvalue weighted by molar-refractivity contribution is -0.136. The van der Waals surface area contributed by atoms with Gasteiger partial charge < -0.3 is 10.6 Å². The van der Waals surface area contributed by atoms with Gasteiger partial charge in [0, 0.05) is 24.0 Å². The van der Waals surface area contributed by atoms with Crippen LogP contribution in [0.25, 0.3) is 16.3 Å². The molecule has 7 nitrogen and oxygen atoms in total. The van der Waals surface area contributed by atoms with Gasteiger partial charge in [-0.05, 0) is 49.2 Å². The first-order chi connectivity index (χ1) is 14.9. The second-order valence-corrected chi connectivity index (χ2v) is 8.01. The minimum Gasteiger partial charge on any atom is -0.347 e. The number of hydrogen-bond acceptors (Lipinski definition) is 5. The number of rotatable bonds is 5. The summed E-state index contributed by atoms with van der Waals surface area (Å²) in [6.07, 6.45) is 0.447. The summed E-state index contributed by atoms with van der Waals surface area (Å²) in [5.74, 6) is -1.51. The van der Waals surface area contributed by atoms with E-state index in [1.54, 1.807) is 34.8 Å². The van der Waals surface area contributed by atoms with E-state index in [1.807, 2.05) is 25.3 Å². The molecule has 0 saturated heterocycles. The van der Waals surface area contributed by atoms with Gasteiger partial charge in [-0.25, -0.2) is 8.91 Å². The summed E-state index contributed by atoms with van der Waals surface area (Å²) in [5.41, 5.74) is 3.73. The Kier molecular flexibility index (Phi) is 5.77. The van der Waals surface area contributed by atoms with Gasteiger partial charge >= 0.3 is 11.8 Å². The maximum Gasteiger partial charge on any atom is 0.313 e. The monoisotopic (exact) mass is 437 g/mol. The van der Waals surface area contributed by atoms with Crippen LogP contribution in [0, 0.1) is 19.7 Å². The first-order valence-corrected chi connectivity index (χ1v) is 10.5. The molecule has 2 heterocycles. The number of anilines is 1. The lowest BCUT2D eigenvalue weighted by atomic mass is 10.1. The van der Waals surface area contributed by atoms with Crippen molar-refractivity contribution in [3.05, 3.63) is 70.5 Å². The first kappa shape index (κ1) is 20.7. The van der Waals surface area contributed by atoms with Crippen molar-refractivity contribution in [2.24, 2.45) is 0 Å². The predicted octanol–water partition coefficient (Wildman–Crippen LogP) is 3.51. The Hall–Kier alpha value is -3.59. The first-order valence-electron chi connectivity index (χ1n) is 9.66. The van der Waals surface area contributed by atoms with Gasteiger partial charge in [-0.2, -0.15) is 4.98 Å². The Morgan fingerprint density at radius 1 is 1.10 bits per heavy atom. The van der Waals surface area contributed by atoms with Crippen LogP contribution in [-0.4, -0.2) is 33.0 Å². The van der Waals surface area contributed by atoms with E-state index in [4.69, 9.17) is 0 Å². The number of hydrogen-bond donors (Lipinski definition) is 2. The Balaban J connectivity index is 1.37. The molecule has 0 radical (unpaired) electrons. The zero-order valence-electron chi connectivity index (χ0n) is 17.0. The Labute approximate surface area is 181 Å². The van der Waals surface area contributed by atoms with Gasteiger partial charge in [0.25, 0.3) is 0 Å². The van der Waals surface area contributed by atoms with Gasteiger partial charge in [-0.1, -0.05) is 18.2 Å². The number of halogens is 1. The number of carbonyl (C=O) groups excluding carboxylic acids is 2. The zero-order chi connectivity index (χ0) is 22.0. The lowest BCUT2D eigenvalue weighted by Crippen LogP contribution is -2.36. The minimum absolute atomic E-state index is 0.250. The molecule has 2 aromatic heterocycles. The highest BCUT2D eigenvalue weighted by Gasteiger charge is 2.16. The normalized spacial score (nSPS) is 10.9. The molecule has 0 aliphatic heterocycles. The van der Waals surface area contributed by atoms with Crippen molar-refractivity contribution < 1.29 is 14.0 Å². The molecular formula is C22H20FN5O2S. The van der Waals surface area contributed by atoms with Crippen molar-refractivity contribution >= 4 is 33.8 Å². The Morgan fingerprint density at radius 2 is 1.84 bits per heavy atom. The third-order valence-electron chi connectivity index (χ3n) is 4.62. The largest absolute Gasteiger partial charge is 0.347 e. The molecule has 0 aliphatic rings. The molecule has 2 N–H and O–H groups in total. The Morgan fingerprint density at radius 3 is 2.58 bits per heavy atom. The van der Waals surface area contributed by atoms with E-state index in [-0.39, 0.29) is 12.4 Å². The SMILES string of the molecule is Cc1cc(C)cc(NC(=O)C(=O)NCCc2csc3nc(-c4ccccc4F)nn23)c1. The molecule has 2 aromatic carbocycles. The molecule has 31 heavy (non-hydrogen) atoms. The molecule has 9 heteroatoms. The predicted molar refractivity (Wildman–Crippen MR) is 118 cm³/mol. The smallest absolute Gasteiger partial charge is 0.313 e. The van der Waals surface area contributed by atoms with Gasteiger partial charge in [-0.3, -0.25) is 9.59 Å². The van der Waals surface area contributed by atoms with Crippen LogP contribution in [-0.2, 0) is 16.0 Å². The molecule has 0 bridgehead atoms. The van der Waals surface area contributed by atoms with Gasteiger partial charge in [0.15, 0.2) is 5.82 Å². The Bertz CT molecular complexity index is 1260. The number of aryl methyl sites for hydroxylation is 2. The summed E-state index contributed by atoms with van der Waals surface area (Å²) in [5, 5.41) is 11.5. The number of aromatic nitrogens is 3. The molecule has 0 fully saturated rings. The average molecular weight is 438 g/mol. The maximum atomic E-state index is 14.0. The number of fused-ring (bicyclic) bond motifs is 1. The van der Waals surface area contributed by atoms with Gasteiger partial charge in [-0.15, -0.1) is 16.4 Å². The molecule has 4 aromatic rings. The van der Waals surface area contributed by atoms with Crippen molar-refractivity contribution in [2.75, 3.05) is 11.9 Å². The van der Waals surface area contributed by atoms with Crippen LogP contribution in [0.2, 0.25) is 0 Å². The van der Waals surface area contributed by atoms with Gasteiger partial charge in [0.1, 0.15) is 5.82 Å². The van der Waals surface area contributed by atoms with Gasteiger partial charge in [0.2, 0.25) is 4.96 Å². The fourth-order valence-corrected chi connectivity index (χ4v) is 4.13. The van der Waals surface area contributed by atoms with Crippen LogP contribution in [0.4, 0.5) is 10.1 Å². The number of nitrogens with one attached hydrogen (secondary N) is 2. The van der Waals surface area contributed by atoms with E-state index in [9.17, 15) is 14.0 Å². The highest BCUT2D eigenvalue weighted by atomic mass is 32.1. The van der Waals surface area contributed by atoms with Crippen molar-refractivity contribution in [2.45, 2.75) is 20.3 Å². The van der Waals surface area contributed by atoms with Crippen molar-refractivity contribution in [3.63, 3.8) is 0 Å². The highest BCUT2D eigenvalue weighted by Crippen LogP contribution is 2.23. The van der Waals surface area contributed by atoms with Crippen LogP contribution < -0.4 is 10.6 Å². The topological polar surface area (TPSA) is 88.4 Å². The van der Waals surface area contributed by atoms with E-state index in [2.05, 4.69) is 20.7 Å². The molecule has 4 rings (SSSR count). The molecule has 0 unspecified atom stereocenters. The van der Waals surface area contributed by atoms with Gasteiger partial charge in [0.05, 0.1) is 11.3 Å². The molecular weight excluding hydrogens is 417 g/mol. The van der Waals surface area contributed by atoms with Crippen LogP contribution in [0.5, 0.6) is 0 Å². The summed E-state index contributed by atoms with van der Waals surface area (Å²) >= 11 is 1.38. The van der Waals surface area contributed by atoms with Crippen LogP contribution in [0.1, 0.15) is 16.8 Å². The second kappa shape index (κ2) is 8.65. The number of nitrogens with zero attached hydrogens (tertiary/aromatic N) is 3. The average Bonchev–Trinajstić information content (AvgIpc) is 3.29. The third kappa shape index (κ3) is 4.61. The molecule has 0 atom stereocenters. The van der Waals surface area contributed by atoms with E-state index in [0.29, 0.717) is 28.5 Å².